The minimum atomic E-state index is -0.0506. The summed E-state index contributed by atoms with van der Waals surface area (Å²) in [4.78, 5) is 23.7. The van der Waals surface area contributed by atoms with E-state index in [-0.39, 0.29) is 11.9 Å². The normalized spacial score (nSPS) is 16.5. The topological polar surface area (TPSA) is 76.0 Å². The number of nitrogens with one attached hydrogen (secondary N) is 1. The number of nitrogens with zero attached hydrogens (tertiary/aromatic N) is 4. The van der Waals surface area contributed by atoms with Gasteiger partial charge < -0.3 is 14.6 Å². The molecule has 1 saturated heterocycles. The van der Waals surface area contributed by atoms with Crippen LogP contribution in [-0.4, -0.2) is 44.2 Å². The predicted molar refractivity (Wildman–Crippen MR) is 118 cm³/mol. The maximum Gasteiger partial charge on any atom is 0.254 e. The van der Waals surface area contributed by atoms with Crippen LogP contribution in [-0.2, 0) is 6.54 Å². The summed E-state index contributed by atoms with van der Waals surface area (Å²) in [5, 5.41) is 4.28. The van der Waals surface area contributed by atoms with E-state index in [1.807, 2.05) is 64.3 Å². The van der Waals surface area contributed by atoms with E-state index in [9.17, 15) is 4.79 Å². The Kier molecular flexibility index (Phi) is 5.16. The van der Waals surface area contributed by atoms with Gasteiger partial charge in [-0.3, -0.25) is 9.48 Å². The molecular weight excluding hydrogens is 390 g/mol. The maximum absolute atomic E-state index is 13.6. The standard InChI is InChI=1S/C24H25N5O2/c1-31-22-11-10-17(15-18(22)16-28-13-6-12-25-28)24(30)29-14-5-4-9-21(29)23-26-19-7-2-3-8-20(19)27-23/h2-3,6-8,10-13,15,21H,4-5,9,14,16H2,1H3,(H,26,27)/t21-/m1/s1. The Balaban J connectivity index is 1.46. The lowest BCUT2D eigenvalue weighted by atomic mass is 9.99. The Morgan fingerprint density at radius 1 is 1.19 bits per heavy atom. The first kappa shape index (κ1) is 19.4. The number of aromatic nitrogens is 4. The number of likely N-dealkylation sites (tertiary alicyclic amines) is 1. The van der Waals surface area contributed by atoms with E-state index < -0.39 is 0 Å². The Morgan fingerprint density at radius 2 is 2.10 bits per heavy atom. The van der Waals surface area contributed by atoms with Crippen molar-refractivity contribution in [2.24, 2.45) is 0 Å². The molecule has 0 radical (unpaired) electrons. The highest BCUT2D eigenvalue weighted by Crippen LogP contribution is 2.32. The van der Waals surface area contributed by atoms with E-state index in [1.165, 1.54) is 0 Å². The fraction of sp³-hybridized carbons (Fsp3) is 0.292. The lowest BCUT2D eigenvalue weighted by Crippen LogP contribution is -2.39. The smallest absolute Gasteiger partial charge is 0.254 e. The number of aromatic amines is 1. The van der Waals surface area contributed by atoms with Crippen molar-refractivity contribution in [1.82, 2.24) is 24.6 Å². The molecule has 2 aromatic heterocycles. The maximum atomic E-state index is 13.6. The molecule has 1 N–H and O–H groups in total. The van der Waals surface area contributed by atoms with Gasteiger partial charge in [0.2, 0.25) is 0 Å². The number of ether oxygens (including phenoxy) is 1. The van der Waals surface area contributed by atoms with Gasteiger partial charge in [0.1, 0.15) is 11.6 Å². The third-order valence-corrected chi connectivity index (χ3v) is 5.91. The number of piperidine rings is 1. The zero-order valence-electron chi connectivity index (χ0n) is 17.5. The third-order valence-electron chi connectivity index (χ3n) is 5.91. The molecule has 7 heteroatoms. The van der Waals surface area contributed by atoms with E-state index in [0.29, 0.717) is 12.1 Å². The second-order valence-corrected chi connectivity index (χ2v) is 7.88. The van der Waals surface area contributed by atoms with E-state index in [2.05, 4.69) is 10.1 Å². The van der Waals surface area contributed by atoms with Crippen LogP contribution < -0.4 is 4.74 Å². The SMILES string of the molecule is COc1ccc(C(=O)N2CCCC[C@@H]2c2nc3ccccc3[nH]2)cc1Cn1cccn1. The summed E-state index contributed by atoms with van der Waals surface area (Å²) in [5.74, 6) is 1.63. The summed E-state index contributed by atoms with van der Waals surface area (Å²) >= 11 is 0. The lowest BCUT2D eigenvalue weighted by Gasteiger charge is -2.34. The molecular formula is C24H25N5O2. The van der Waals surface area contributed by atoms with Crippen LogP contribution in [0.1, 0.15) is 47.1 Å². The van der Waals surface area contributed by atoms with Gasteiger partial charge in [-0.05, 0) is 55.7 Å². The molecule has 0 unspecified atom stereocenters. The molecule has 0 aliphatic carbocycles. The molecule has 1 atom stereocenters. The Bertz CT molecular complexity index is 1160. The number of H-pyrrole nitrogens is 1. The molecule has 7 nitrogen and oxygen atoms in total. The van der Waals surface area contributed by atoms with Crippen LogP contribution in [0.5, 0.6) is 5.75 Å². The number of hydrogen-bond donors (Lipinski definition) is 1. The van der Waals surface area contributed by atoms with Gasteiger partial charge in [0.25, 0.3) is 5.91 Å². The van der Waals surface area contributed by atoms with Gasteiger partial charge in [0, 0.05) is 30.1 Å². The molecule has 3 heterocycles. The number of fused-ring (bicyclic) bond motifs is 1. The second kappa shape index (κ2) is 8.26. The fourth-order valence-corrected chi connectivity index (χ4v) is 4.36. The third kappa shape index (κ3) is 3.79. The second-order valence-electron chi connectivity index (χ2n) is 7.88. The van der Waals surface area contributed by atoms with Gasteiger partial charge in [-0.25, -0.2) is 4.98 Å². The van der Waals surface area contributed by atoms with Crippen LogP contribution >= 0.6 is 0 Å². The number of carbonyl (C=O) groups is 1. The Morgan fingerprint density at radius 3 is 2.90 bits per heavy atom. The summed E-state index contributed by atoms with van der Waals surface area (Å²) in [6.45, 7) is 1.27. The number of methoxy groups -OCH3 is 1. The molecule has 0 saturated carbocycles. The van der Waals surface area contributed by atoms with Crippen LogP contribution in [0.15, 0.2) is 60.9 Å². The Hall–Kier alpha value is -3.61. The highest BCUT2D eigenvalue weighted by Gasteiger charge is 2.31. The summed E-state index contributed by atoms with van der Waals surface area (Å²) in [5.41, 5.74) is 3.52. The first-order valence-electron chi connectivity index (χ1n) is 10.6. The fourth-order valence-electron chi connectivity index (χ4n) is 4.36. The van der Waals surface area contributed by atoms with Gasteiger partial charge in [-0.2, -0.15) is 5.10 Å². The van der Waals surface area contributed by atoms with Crippen molar-refractivity contribution >= 4 is 16.9 Å². The molecule has 2 aromatic carbocycles. The summed E-state index contributed by atoms with van der Waals surface area (Å²) in [7, 11) is 1.64. The first-order valence-corrected chi connectivity index (χ1v) is 10.6. The number of para-hydroxylation sites is 2. The van der Waals surface area contributed by atoms with Gasteiger partial charge in [-0.1, -0.05) is 12.1 Å². The zero-order valence-corrected chi connectivity index (χ0v) is 17.5. The van der Waals surface area contributed by atoms with Crippen molar-refractivity contribution in [3.05, 3.63) is 77.9 Å². The average molecular weight is 415 g/mol. The molecule has 1 amide bonds. The van der Waals surface area contributed by atoms with Crippen LogP contribution in [0.25, 0.3) is 11.0 Å². The van der Waals surface area contributed by atoms with E-state index in [4.69, 9.17) is 9.72 Å². The zero-order chi connectivity index (χ0) is 21.2. The largest absolute Gasteiger partial charge is 0.496 e. The quantitative estimate of drug-likeness (QED) is 0.530. The van der Waals surface area contributed by atoms with E-state index >= 15 is 0 Å². The summed E-state index contributed by atoms with van der Waals surface area (Å²) in [6, 6.07) is 15.5. The van der Waals surface area contributed by atoms with Crippen LogP contribution in [0.4, 0.5) is 0 Å². The monoisotopic (exact) mass is 415 g/mol. The molecule has 5 rings (SSSR count). The molecule has 31 heavy (non-hydrogen) atoms. The number of benzene rings is 2. The van der Waals surface area contributed by atoms with Crippen molar-refractivity contribution < 1.29 is 9.53 Å². The van der Waals surface area contributed by atoms with Crippen molar-refractivity contribution in [2.75, 3.05) is 13.7 Å². The van der Waals surface area contributed by atoms with Gasteiger partial charge >= 0.3 is 0 Å². The minimum Gasteiger partial charge on any atom is -0.496 e. The summed E-state index contributed by atoms with van der Waals surface area (Å²) < 4.78 is 7.34. The van der Waals surface area contributed by atoms with Crippen LogP contribution in [0.2, 0.25) is 0 Å². The highest BCUT2D eigenvalue weighted by molar-refractivity contribution is 5.95. The van der Waals surface area contributed by atoms with Gasteiger partial charge in [0.15, 0.2) is 0 Å². The van der Waals surface area contributed by atoms with Crippen molar-refractivity contribution in [3.8, 4) is 5.75 Å². The number of hydrogen-bond acceptors (Lipinski definition) is 4. The molecule has 0 bridgehead atoms. The molecule has 1 fully saturated rings. The van der Waals surface area contributed by atoms with Gasteiger partial charge in [-0.15, -0.1) is 0 Å². The van der Waals surface area contributed by atoms with E-state index in [0.717, 1.165) is 54.0 Å². The van der Waals surface area contributed by atoms with Crippen molar-refractivity contribution in [1.29, 1.82) is 0 Å². The Labute approximate surface area is 180 Å². The number of rotatable bonds is 5. The van der Waals surface area contributed by atoms with Crippen molar-refractivity contribution in [2.45, 2.75) is 31.8 Å². The lowest BCUT2D eigenvalue weighted by molar-refractivity contribution is 0.0601. The molecule has 0 spiro atoms. The minimum absolute atomic E-state index is 0.0227. The van der Waals surface area contributed by atoms with Gasteiger partial charge in [0.05, 0.1) is 30.7 Å². The number of carbonyl (C=O) groups excluding carboxylic acids is 1. The molecule has 158 valence electrons. The average Bonchev–Trinajstić information content (AvgIpc) is 3.48. The van der Waals surface area contributed by atoms with Crippen LogP contribution in [0.3, 0.4) is 0 Å². The number of amides is 1. The predicted octanol–water partition coefficient (Wildman–Crippen LogP) is 4.18. The van der Waals surface area contributed by atoms with Crippen molar-refractivity contribution in [3.63, 3.8) is 0 Å². The van der Waals surface area contributed by atoms with Crippen LogP contribution in [0, 0.1) is 0 Å². The highest BCUT2D eigenvalue weighted by atomic mass is 16.5. The summed E-state index contributed by atoms with van der Waals surface area (Å²) in [6.07, 6.45) is 6.63. The first-order chi connectivity index (χ1) is 15.2. The molecule has 1 aliphatic heterocycles. The molecule has 4 aromatic rings. The molecule has 1 aliphatic rings. The van der Waals surface area contributed by atoms with E-state index in [1.54, 1.807) is 13.3 Å². The number of imidazole rings is 1.